The molecule has 1 amide bonds. The van der Waals surface area contributed by atoms with Gasteiger partial charge in [-0.15, -0.1) is 0 Å². The standard InChI is InChI=1S/C24H24N2O3S/c1-17(2)29-21-14-8-6-12-19(21)23(27)26-24(30)25-20-13-7-9-15-22(20)28-16-18-10-4-3-5-11-18/h3-15,17H,16H2,1-2H3,(H2,25,26,27,30). The summed E-state index contributed by atoms with van der Waals surface area (Å²) in [4.78, 5) is 12.7. The zero-order valence-corrected chi connectivity index (χ0v) is 17.7. The smallest absolute Gasteiger partial charge is 0.261 e. The fourth-order valence-electron chi connectivity index (χ4n) is 2.77. The largest absolute Gasteiger partial charge is 0.490 e. The number of amides is 1. The highest BCUT2D eigenvalue weighted by Crippen LogP contribution is 2.25. The van der Waals surface area contributed by atoms with Crippen molar-refractivity contribution in [3.8, 4) is 11.5 Å². The molecule has 0 bridgehead atoms. The van der Waals surface area contributed by atoms with Gasteiger partial charge in [-0.25, -0.2) is 0 Å². The molecule has 3 rings (SSSR count). The summed E-state index contributed by atoms with van der Waals surface area (Å²) in [5.74, 6) is 0.812. The van der Waals surface area contributed by atoms with Crippen molar-refractivity contribution in [3.05, 3.63) is 90.0 Å². The Labute approximate surface area is 182 Å². The van der Waals surface area contributed by atoms with Crippen LogP contribution in [-0.2, 0) is 6.61 Å². The Bertz CT molecular complexity index is 1010. The number of carbonyl (C=O) groups excluding carboxylic acids is 1. The fraction of sp³-hybridized carbons (Fsp3) is 0.167. The lowest BCUT2D eigenvalue weighted by Gasteiger charge is -2.16. The molecule has 2 N–H and O–H groups in total. The molecule has 0 aliphatic rings. The van der Waals surface area contributed by atoms with Gasteiger partial charge in [0.1, 0.15) is 18.1 Å². The predicted octanol–water partition coefficient (Wildman–Crippen LogP) is 5.18. The number of nitrogens with one attached hydrogen (secondary N) is 2. The molecule has 5 nitrogen and oxygen atoms in total. The van der Waals surface area contributed by atoms with E-state index < -0.39 is 0 Å². The number of carbonyl (C=O) groups is 1. The van der Waals surface area contributed by atoms with Gasteiger partial charge in [0.25, 0.3) is 5.91 Å². The molecule has 0 spiro atoms. The van der Waals surface area contributed by atoms with Gasteiger partial charge in [0, 0.05) is 0 Å². The maximum atomic E-state index is 12.7. The van der Waals surface area contributed by atoms with Gasteiger partial charge in [-0.1, -0.05) is 54.6 Å². The lowest BCUT2D eigenvalue weighted by Crippen LogP contribution is -2.34. The predicted molar refractivity (Wildman–Crippen MR) is 123 cm³/mol. The SMILES string of the molecule is CC(C)Oc1ccccc1C(=O)NC(=S)Nc1ccccc1OCc1ccccc1. The summed E-state index contributed by atoms with van der Waals surface area (Å²) in [6.07, 6.45) is -0.0438. The van der Waals surface area contributed by atoms with Crippen LogP contribution in [0.4, 0.5) is 5.69 Å². The molecule has 3 aromatic carbocycles. The summed E-state index contributed by atoms with van der Waals surface area (Å²) in [6.45, 7) is 4.25. The van der Waals surface area contributed by atoms with Crippen LogP contribution in [0.2, 0.25) is 0 Å². The van der Waals surface area contributed by atoms with Gasteiger partial charge in [-0.2, -0.15) is 0 Å². The number of anilines is 1. The molecule has 0 saturated carbocycles. The van der Waals surface area contributed by atoms with Gasteiger partial charge in [-0.3, -0.25) is 10.1 Å². The van der Waals surface area contributed by atoms with Crippen molar-refractivity contribution in [2.24, 2.45) is 0 Å². The highest BCUT2D eigenvalue weighted by atomic mass is 32.1. The Morgan fingerprint density at radius 1 is 0.900 bits per heavy atom. The van der Waals surface area contributed by atoms with E-state index in [1.165, 1.54) is 0 Å². The Hall–Kier alpha value is -3.38. The van der Waals surface area contributed by atoms with E-state index in [9.17, 15) is 4.79 Å². The first-order valence-electron chi connectivity index (χ1n) is 9.66. The molecule has 0 radical (unpaired) electrons. The molecular weight excluding hydrogens is 396 g/mol. The highest BCUT2D eigenvalue weighted by Gasteiger charge is 2.15. The molecule has 6 heteroatoms. The topological polar surface area (TPSA) is 59.6 Å². The van der Waals surface area contributed by atoms with E-state index in [1.54, 1.807) is 18.2 Å². The minimum atomic E-state index is -0.341. The van der Waals surface area contributed by atoms with E-state index in [0.717, 1.165) is 5.56 Å². The number of para-hydroxylation sites is 3. The number of thiocarbonyl (C=S) groups is 1. The number of hydrogen-bond donors (Lipinski definition) is 2. The summed E-state index contributed by atoms with van der Waals surface area (Å²) in [7, 11) is 0. The Balaban J connectivity index is 1.65. The number of rotatable bonds is 7. The second kappa shape index (κ2) is 10.4. The fourth-order valence-corrected chi connectivity index (χ4v) is 2.97. The van der Waals surface area contributed by atoms with Gasteiger partial charge in [0.15, 0.2) is 5.11 Å². The second-order valence-corrected chi connectivity index (χ2v) is 7.25. The maximum Gasteiger partial charge on any atom is 0.261 e. The first kappa shape index (κ1) is 21.3. The van der Waals surface area contributed by atoms with Gasteiger partial charge in [-0.05, 0) is 55.9 Å². The van der Waals surface area contributed by atoms with Crippen LogP contribution in [0, 0.1) is 0 Å². The Morgan fingerprint density at radius 3 is 2.27 bits per heavy atom. The van der Waals surface area contributed by atoms with Crippen molar-refractivity contribution in [2.45, 2.75) is 26.6 Å². The number of benzene rings is 3. The van der Waals surface area contributed by atoms with E-state index in [4.69, 9.17) is 21.7 Å². The minimum Gasteiger partial charge on any atom is -0.490 e. The van der Waals surface area contributed by atoms with E-state index >= 15 is 0 Å². The number of hydrogen-bond acceptors (Lipinski definition) is 4. The second-order valence-electron chi connectivity index (χ2n) is 6.84. The van der Waals surface area contributed by atoms with Crippen LogP contribution in [0.1, 0.15) is 29.8 Å². The van der Waals surface area contributed by atoms with Crippen LogP contribution < -0.4 is 20.1 Å². The number of ether oxygens (including phenoxy) is 2. The van der Waals surface area contributed by atoms with Crippen molar-refractivity contribution in [2.75, 3.05) is 5.32 Å². The van der Waals surface area contributed by atoms with Gasteiger partial charge in [0.2, 0.25) is 0 Å². The average molecular weight is 421 g/mol. The van der Waals surface area contributed by atoms with Gasteiger partial charge in [0.05, 0.1) is 17.4 Å². The highest BCUT2D eigenvalue weighted by molar-refractivity contribution is 7.80. The molecule has 0 aliphatic heterocycles. The molecule has 3 aromatic rings. The van der Waals surface area contributed by atoms with E-state index in [0.29, 0.717) is 29.4 Å². The van der Waals surface area contributed by atoms with Crippen molar-refractivity contribution in [1.29, 1.82) is 0 Å². The zero-order chi connectivity index (χ0) is 21.3. The lowest BCUT2D eigenvalue weighted by atomic mass is 10.2. The van der Waals surface area contributed by atoms with E-state index in [2.05, 4.69) is 10.6 Å². The Morgan fingerprint density at radius 2 is 1.53 bits per heavy atom. The third kappa shape index (κ3) is 6.06. The third-order valence-corrected chi connectivity index (χ3v) is 4.30. The van der Waals surface area contributed by atoms with Crippen molar-refractivity contribution in [1.82, 2.24) is 5.32 Å². The monoisotopic (exact) mass is 420 g/mol. The summed E-state index contributed by atoms with van der Waals surface area (Å²) >= 11 is 5.34. The van der Waals surface area contributed by atoms with E-state index in [-0.39, 0.29) is 17.1 Å². The lowest BCUT2D eigenvalue weighted by molar-refractivity contribution is 0.0972. The van der Waals surface area contributed by atoms with E-state index in [1.807, 2.05) is 74.5 Å². The first-order chi connectivity index (χ1) is 14.5. The Kier molecular flexibility index (Phi) is 7.40. The van der Waals surface area contributed by atoms with Crippen LogP contribution in [0.5, 0.6) is 11.5 Å². The molecule has 0 fully saturated rings. The van der Waals surface area contributed by atoms with Crippen LogP contribution in [0.3, 0.4) is 0 Å². The summed E-state index contributed by atoms with van der Waals surface area (Å²) in [5, 5.41) is 5.92. The molecule has 0 atom stereocenters. The average Bonchev–Trinajstić information content (AvgIpc) is 2.73. The zero-order valence-electron chi connectivity index (χ0n) is 16.9. The van der Waals surface area contributed by atoms with Crippen LogP contribution in [0.25, 0.3) is 0 Å². The molecule has 0 unspecified atom stereocenters. The van der Waals surface area contributed by atoms with Crippen LogP contribution in [-0.4, -0.2) is 17.1 Å². The molecular formula is C24H24N2O3S. The maximum absolute atomic E-state index is 12.7. The van der Waals surface area contributed by atoms with Crippen LogP contribution >= 0.6 is 12.2 Å². The minimum absolute atomic E-state index is 0.0438. The molecule has 0 saturated heterocycles. The van der Waals surface area contributed by atoms with Crippen LogP contribution in [0.15, 0.2) is 78.9 Å². The summed E-state index contributed by atoms with van der Waals surface area (Å²) in [5.41, 5.74) is 2.15. The van der Waals surface area contributed by atoms with Gasteiger partial charge >= 0.3 is 0 Å². The molecule has 30 heavy (non-hydrogen) atoms. The molecule has 0 aromatic heterocycles. The summed E-state index contributed by atoms with van der Waals surface area (Å²) in [6, 6.07) is 24.4. The first-order valence-corrected chi connectivity index (χ1v) is 10.1. The quantitative estimate of drug-likeness (QED) is 0.516. The summed E-state index contributed by atoms with van der Waals surface area (Å²) < 4.78 is 11.6. The van der Waals surface area contributed by atoms with Crippen molar-refractivity contribution < 1.29 is 14.3 Å². The normalized spacial score (nSPS) is 10.4. The van der Waals surface area contributed by atoms with Crippen molar-refractivity contribution in [3.63, 3.8) is 0 Å². The van der Waals surface area contributed by atoms with Crippen molar-refractivity contribution >= 4 is 28.9 Å². The molecule has 0 aliphatic carbocycles. The third-order valence-electron chi connectivity index (χ3n) is 4.09. The molecule has 0 heterocycles. The molecule has 154 valence electrons. The van der Waals surface area contributed by atoms with Gasteiger partial charge < -0.3 is 14.8 Å².